The number of amides is 1. The lowest BCUT2D eigenvalue weighted by Gasteiger charge is -2.09. The first kappa shape index (κ1) is 20.0. The standard InChI is InChI=1S/C19H21Cl2NO2S/c1-14-4-7-16(13-18(14)21)24-11-10-22-19(23)3-2-12-25-17-8-5-15(20)6-9-17/h4-9,13H,2-3,10-12H2,1H3,(H,22,23). The third-order valence-corrected chi connectivity index (χ3v) is 5.22. The summed E-state index contributed by atoms with van der Waals surface area (Å²) in [5.41, 5.74) is 1.01. The number of hydrogen-bond donors (Lipinski definition) is 1. The molecule has 0 atom stereocenters. The van der Waals surface area contributed by atoms with Crippen LogP contribution >= 0.6 is 35.0 Å². The number of aryl methyl sites for hydroxylation is 1. The van der Waals surface area contributed by atoms with Gasteiger partial charge in [-0.1, -0.05) is 29.3 Å². The smallest absolute Gasteiger partial charge is 0.220 e. The number of hydrogen-bond acceptors (Lipinski definition) is 3. The summed E-state index contributed by atoms with van der Waals surface area (Å²) in [6.07, 6.45) is 1.34. The van der Waals surface area contributed by atoms with Crippen LogP contribution in [-0.2, 0) is 4.79 Å². The summed E-state index contributed by atoms with van der Waals surface area (Å²) in [6, 6.07) is 13.3. The van der Waals surface area contributed by atoms with E-state index in [2.05, 4.69) is 5.32 Å². The molecule has 0 saturated carbocycles. The molecule has 0 bridgehead atoms. The summed E-state index contributed by atoms with van der Waals surface area (Å²) in [5, 5.41) is 4.28. The predicted octanol–water partition coefficient (Wildman–Crippen LogP) is 5.37. The van der Waals surface area contributed by atoms with Gasteiger partial charge in [-0.3, -0.25) is 4.79 Å². The molecule has 0 fully saturated rings. The summed E-state index contributed by atoms with van der Waals surface area (Å²) < 4.78 is 5.57. The van der Waals surface area contributed by atoms with Gasteiger partial charge in [-0.2, -0.15) is 0 Å². The first-order valence-corrected chi connectivity index (χ1v) is 9.83. The Morgan fingerprint density at radius 3 is 2.64 bits per heavy atom. The number of ether oxygens (including phenoxy) is 1. The highest BCUT2D eigenvalue weighted by Gasteiger charge is 2.03. The van der Waals surface area contributed by atoms with E-state index < -0.39 is 0 Å². The Morgan fingerprint density at radius 1 is 1.16 bits per heavy atom. The van der Waals surface area contributed by atoms with Crippen molar-refractivity contribution in [2.24, 2.45) is 0 Å². The van der Waals surface area contributed by atoms with Crippen molar-refractivity contribution < 1.29 is 9.53 Å². The minimum Gasteiger partial charge on any atom is -0.492 e. The first-order valence-electron chi connectivity index (χ1n) is 8.08. The van der Waals surface area contributed by atoms with E-state index in [0.29, 0.717) is 30.3 Å². The maximum atomic E-state index is 11.8. The van der Waals surface area contributed by atoms with Crippen LogP contribution in [0.1, 0.15) is 18.4 Å². The third kappa shape index (κ3) is 7.59. The zero-order valence-electron chi connectivity index (χ0n) is 14.1. The molecule has 0 aliphatic heterocycles. The van der Waals surface area contributed by atoms with Crippen LogP contribution in [0.4, 0.5) is 0 Å². The first-order chi connectivity index (χ1) is 12.0. The highest BCUT2D eigenvalue weighted by Crippen LogP contribution is 2.22. The highest BCUT2D eigenvalue weighted by atomic mass is 35.5. The lowest BCUT2D eigenvalue weighted by molar-refractivity contribution is -0.121. The fourth-order valence-electron chi connectivity index (χ4n) is 2.06. The van der Waals surface area contributed by atoms with Gasteiger partial charge in [-0.05, 0) is 61.1 Å². The SMILES string of the molecule is Cc1ccc(OCCNC(=O)CCCSc2ccc(Cl)cc2)cc1Cl. The topological polar surface area (TPSA) is 38.3 Å². The molecule has 25 heavy (non-hydrogen) atoms. The zero-order chi connectivity index (χ0) is 18.1. The maximum Gasteiger partial charge on any atom is 0.220 e. The van der Waals surface area contributed by atoms with Crippen LogP contribution in [0.25, 0.3) is 0 Å². The molecule has 0 aliphatic carbocycles. The maximum absolute atomic E-state index is 11.8. The lowest BCUT2D eigenvalue weighted by Crippen LogP contribution is -2.27. The Bertz CT molecular complexity index is 692. The molecule has 0 spiro atoms. The van der Waals surface area contributed by atoms with Crippen molar-refractivity contribution in [1.29, 1.82) is 0 Å². The third-order valence-electron chi connectivity index (χ3n) is 3.47. The van der Waals surface area contributed by atoms with E-state index in [4.69, 9.17) is 27.9 Å². The normalized spacial score (nSPS) is 10.5. The highest BCUT2D eigenvalue weighted by molar-refractivity contribution is 7.99. The van der Waals surface area contributed by atoms with Gasteiger partial charge in [0.2, 0.25) is 5.91 Å². The summed E-state index contributed by atoms with van der Waals surface area (Å²) in [5.74, 6) is 1.65. The molecule has 0 radical (unpaired) electrons. The van der Waals surface area contributed by atoms with Crippen LogP contribution < -0.4 is 10.1 Å². The number of thioether (sulfide) groups is 1. The molecule has 134 valence electrons. The minimum absolute atomic E-state index is 0.0437. The Labute approximate surface area is 163 Å². The number of carbonyl (C=O) groups is 1. The van der Waals surface area contributed by atoms with E-state index in [1.54, 1.807) is 17.8 Å². The molecule has 1 N–H and O–H groups in total. The molecular weight excluding hydrogens is 377 g/mol. The summed E-state index contributed by atoms with van der Waals surface area (Å²) in [7, 11) is 0. The molecule has 0 unspecified atom stereocenters. The van der Waals surface area contributed by atoms with Crippen LogP contribution in [0, 0.1) is 6.92 Å². The average molecular weight is 398 g/mol. The molecular formula is C19H21Cl2NO2S. The summed E-state index contributed by atoms with van der Waals surface area (Å²) in [6.45, 7) is 2.84. The Morgan fingerprint density at radius 2 is 1.92 bits per heavy atom. The second kappa shape index (κ2) is 10.6. The molecule has 1 amide bonds. The minimum atomic E-state index is 0.0437. The molecule has 0 saturated heterocycles. The van der Waals surface area contributed by atoms with E-state index >= 15 is 0 Å². The van der Waals surface area contributed by atoms with Crippen molar-refractivity contribution in [2.75, 3.05) is 18.9 Å². The summed E-state index contributed by atoms with van der Waals surface area (Å²) >= 11 is 13.6. The molecule has 0 aliphatic rings. The second-order valence-corrected chi connectivity index (χ2v) is 7.53. The monoisotopic (exact) mass is 397 g/mol. The largest absolute Gasteiger partial charge is 0.492 e. The predicted molar refractivity (Wildman–Crippen MR) is 106 cm³/mol. The van der Waals surface area contributed by atoms with Gasteiger partial charge in [0.15, 0.2) is 0 Å². The van der Waals surface area contributed by atoms with Crippen molar-refractivity contribution in [3.05, 3.63) is 58.1 Å². The lowest BCUT2D eigenvalue weighted by atomic mass is 10.2. The van der Waals surface area contributed by atoms with E-state index in [0.717, 1.165) is 27.7 Å². The van der Waals surface area contributed by atoms with Gasteiger partial charge >= 0.3 is 0 Å². The van der Waals surface area contributed by atoms with Gasteiger partial charge < -0.3 is 10.1 Å². The zero-order valence-corrected chi connectivity index (χ0v) is 16.4. The average Bonchev–Trinajstić information content (AvgIpc) is 2.60. The van der Waals surface area contributed by atoms with E-state index in [-0.39, 0.29) is 5.91 Å². The van der Waals surface area contributed by atoms with Gasteiger partial charge in [-0.25, -0.2) is 0 Å². The molecule has 2 aromatic carbocycles. The van der Waals surface area contributed by atoms with Crippen LogP contribution in [0.15, 0.2) is 47.4 Å². The molecule has 0 heterocycles. The van der Waals surface area contributed by atoms with E-state index in [1.165, 1.54) is 0 Å². The van der Waals surface area contributed by atoms with Gasteiger partial charge in [0.1, 0.15) is 12.4 Å². The molecule has 6 heteroatoms. The second-order valence-electron chi connectivity index (χ2n) is 5.52. The Kier molecular flexibility index (Phi) is 8.45. The van der Waals surface area contributed by atoms with Crippen LogP contribution in [0.2, 0.25) is 10.0 Å². The van der Waals surface area contributed by atoms with Crippen molar-refractivity contribution >= 4 is 40.9 Å². The number of carbonyl (C=O) groups excluding carboxylic acids is 1. The molecule has 0 aromatic heterocycles. The van der Waals surface area contributed by atoms with E-state index in [1.807, 2.05) is 43.3 Å². The van der Waals surface area contributed by atoms with Crippen molar-refractivity contribution in [2.45, 2.75) is 24.7 Å². The number of halogens is 2. The number of benzene rings is 2. The van der Waals surface area contributed by atoms with Gasteiger partial charge in [-0.15, -0.1) is 11.8 Å². The van der Waals surface area contributed by atoms with Gasteiger partial charge in [0, 0.05) is 21.4 Å². The molecule has 2 rings (SSSR count). The van der Waals surface area contributed by atoms with Crippen molar-refractivity contribution in [3.63, 3.8) is 0 Å². The van der Waals surface area contributed by atoms with Gasteiger partial charge in [0.25, 0.3) is 0 Å². The summed E-state index contributed by atoms with van der Waals surface area (Å²) in [4.78, 5) is 13.0. The quantitative estimate of drug-likeness (QED) is 0.456. The number of nitrogens with one attached hydrogen (secondary N) is 1. The fourth-order valence-corrected chi connectivity index (χ4v) is 3.21. The van der Waals surface area contributed by atoms with Crippen molar-refractivity contribution in [3.8, 4) is 5.75 Å². The fraction of sp³-hybridized carbons (Fsp3) is 0.316. The van der Waals surface area contributed by atoms with Crippen molar-refractivity contribution in [1.82, 2.24) is 5.32 Å². The van der Waals surface area contributed by atoms with E-state index in [9.17, 15) is 4.79 Å². The molecule has 2 aromatic rings. The van der Waals surface area contributed by atoms with Gasteiger partial charge in [0.05, 0.1) is 6.54 Å². The van der Waals surface area contributed by atoms with Crippen LogP contribution in [0.3, 0.4) is 0 Å². The number of rotatable bonds is 9. The Hall–Kier alpha value is -1.36. The Balaban J connectivity index is 1.54. The van der Waals surface area contributed by atoms with Crippen LogP contribution in [-0.4, -0.2) is 24.8 Å². The molecule has 3 nitrogen and oxygen atoms in total. The van der Waals surface area contributed by atoms with Crippen LogP contribution in [0.5, 0.6) is 5.75 Å².